The summed E-state index contributed by atoms with van der Waals surface area (Å²) in [6, 6.07) is 12.2. The summed E-state index contributed by atoms with van der Waals surface area (Å²) in [7, 11) is 0. The third-order valence-electron chi connectivity index (χ3n) is 11.3. The lowest BCUT2D eigenvalue weighted by Crippen LogP contribution is -2.38. The van der Waals surface area contributed by atoms with Crippen LogP contribution in [0.15, 0.2) is 57.8 Å². The second-order valence-electron chi connectivity index (χ2n) is 21.4. The van der Waals surface area contributed by atoms with Gasteiger partial charge < -0.3 is 42.9 Å². The Hall–Kier alpha value is -5.04. The van der Waals surface area contributed by atoms with Gasteiger partial charge in [-0.2, -0.15) is 0 Å². The van der Waals surface area contributed by atoms with E-state index in [-0.39, 0.29) is 36.0 Å². The van der Waals surface area contributed by atoms with Crippen molar-refractivity contribution in [3.63, 3.8) is 0 Å². The van der Waals surface area contributed by atoms with Crippen LogP contribution in [-0.4, -0.2) is 82.5 Å². The molecule has 13 heteroatoms. The van der Waals surface area contributed by atoms with Gasteiger partial charge in [-0.3, -0.25) is 9.59 Å². The number of fused-ring (bicyclic) bond motifs is 2. The maximum Gasteiger partial charge on any atom is 0.410 e. The van der Waals surface area contributed by atoms with Gasteiger partial charge in [-0.05, 0) is 167 Å². The molecule has 13 nitrogen and oxygen atoms in total. The first-order valence-corrected chi connectivity index (χ1v) is 22.4. The van der Waals surface area contributed by atoms with E-state index < -0.39 is 34.2 Å². The summed E-state index contributed by atoms with van der Waals surface area (Å²) in [4.78, 5) is 56.8. The van der Waals surface area contributed by atoms with E-state index in [4.69, 9.17) is 27.8 Å². The quantitative estimate of drug-likeness (QED) is 0.107. The van der Waals surface area contributed by atoms with Gasteiger partial charge in [0.2, 0.25) is 0 Å². The van der Waals surface area contributed by atoms with Crippen molar-refractivity contribution in [2.45, 2.75) is 144 Å². The molecule has 0 aliphatic carbocycles. The summed E-state index contributed by atoms with van der Waals surface area (Å²) in [6.07, 6.45) is 4.88. The number of benzene rings is 2. The molecule has 4 heterocycles. The van der Waals surface area contributed by atoms with Crippen LogP contribution < -0.4 is 5.32 Å². The van der Waals surface area contributed by atoms with E-state index in [0.717, 1.165) is 44.2 Å². The van der Waals surface area contributed by atoms with Crippen molar-refractivity contribution in [2.24, 2.45) is 23.7 Å². The molecule has 2 aliphatic heterocycles. The molecule has 0 unspecified atom stereocenters. The molecule has 2 aromatic heterocycles. The smallest absolute Gasteiger partial charge is 0.410 e. The fraction of sp³-hybridized carbons (Fsp3) is 0.600. The van der Waals surface area contributed by atoms with Gasteiger partial charge in [0.25, 0.3) is 0 Å². The summed E-state index contributed by atoms with van der Waals surface area (Å²) in [6.45, 7) is 25.3. The summed E-state index contributed by atoms with van der Waals surface area (Å²) in [5.41, 5.74) is 2.85. The maximum atomic E-state index is 13.8. The van der Waals surface area contributed by atoms with Gasteiger partial charge in [-0.15, -0.1) is 0 Å². The van der Waals surface area contributed by atoms with Gasteiger partial charge in [-0.25, -0.2) is 9.59 Å². The van der Waals surface area contributed by atoms with Crippen molar-refractivity contribution < 1.29 is 47.0 Å². The number of carbonyl (C=O) groups excluding carboxylic acids is 4. The van der Waals surface area contributed by atoms with Gasteiger partial charge in [-0.1, -0.05) is 12.1 Å². The third kappa shape index (κ3) is 13.0. The van der Waals surface area contributed by atoms with Crippen molar-refractivity contribution in [1.29, 1.82) is 0 Å². The second-order valence-corrected chi connectivity index (χ2v) is 21.4. The number of hydrogen-bond acceptors (Lipinski definition) is 11. The zero-order valence-electron chi connectivity index (χ0n) is 39.5. The average molecular weight is 872 g/mol. The molecular formula is C50H69N3O10. The van der Waals surface area contributed by atoms with Crippen LogP contribution in [0.5, 0.6) is 0 Å². The van der Waals surface area contributed by atoms with Crippen molar-refractivity contribution >= 4 is 46.1 Å². The number of carbonyl (C=O) groups is 4. The molecule has 0 saturated carbocycles. The van der Waals surface area contributed by atoms with Gasteiger partial charge in [0.05, 0.1) is 24.4 Å². The Morgan fingerprint density at radius 2 is 0.952 bits per heavy atom. The van der Waals surface area contributed by atoms with E-state index in [1.165, 1.54) is 0 Å². The highest BCUT2D eigenvalue weighted by Crippen LogP contribution is 2.35. The molecule has 4 aromatic rings. The fourth-order valence-corrected chi connectivity index (χ4v) is 8.47. The van der Waals surface area contributed by atoms with Crippen LogP contribution in [0.3, 0.4) is 0 Å². The first-order valence-electron chi connectivity index (χ1n) is 22.4. The molecule has 2 aliphatic rings. The predicted octanol–water partition coefficient (Wildman–Crippen LogP) is 9.98. The number of ether oxygens (including phenoxy) is 4. The zero-order valence-corrected chi connectivity index (χ0v) is 39.5. The highest BCUT2D eigenvalue weighted by atomic mass is 16.6. The number of esters is 2. The minimum Gasteiger partial charge on any atom is -0.464 e. The van der Waals surface area contributed by atoms with Crippen molar-refractivity contribution in [3.05, 3.63) is 71.2 Å². The van der Waals surface area contributed by atoms with Crippen molar-refractivity contribution in [1.82, 2.24) is 15.1 Å². The third-order valence-corrected chi connectivity index (χ3v) is 11.3. The monoisotopic (exact) mass is 871 g/mol. The molecule has 0 radical (unpaired) electrons. The topological polar surface area (TPSA) is 150 Å². The lowest BCUT2D eigenvalue weighted by atomic mass is 9.85. The predicted molar refractivity (Wildman–Crippen MR) is 241 cm³/mol. The largest absolute Gasteiger partial charge is 0.464 e. The molecule has 344 valence electrons. The number of amides is 2. The molecule has 1 N–H and O–H groups in total. The molecule has 0 bridgehead atoms. The molecule has 2 saturated heterocycles. The maximum absolute atomic E-state index is 13.8. The minimum atomic E-state index is -0.662. The molecule has 2 fully saturated rings. The lowest BCUT2D eigenvalue weighted by Gasteiger charge is -2.28. The molecule has 2 aromatic carbocycles. The van der Waals surface area contributed by atoms with E-state index in [9.17, 15) is 19.2 Å². The molecule has 4 atom stereocenters. The Morgan fingerprint density at radius 1 is 0.587 bits per heavy atom. The summed E-state index contributed by atoms with van der Waals surface area (Å²) in [5.74, 6) is -1.73. The van der Waals surface area contributed by atoms with Crippen LogP contribution in [0.1, 0.15) is 118 Å². The van der Waals surface area contributed by atoms with E-state index in [0.29, 0.717) is 65.0 Å². The second kappa shape index (κ2) is 18.6. The van der Waals surface area contributed by atoms with Crippen LogP contribution in [0.4, 0.5) is 9.59 Å². The van der Waals surface area contributed by atoms with Gasteiger partial charge in [0.1, 0.15) is 33.6 Å². The Morgan fingerprint density at radius 3 is 1.30 bits per heavy atom. The van der Waals surface area contributed by atoms with E-state index in [1.807, 2.05) is 107 Å². The van der Waals surface area contributed by atoms with Gasteiger partial charge in [0, 0.05) is 50.0 Å². The zero-order chi connectivity index (χ0) is 46.1. The Kier molecular flexibility index (Phi) is 14.0. The van der Waals surface area contributed by atoms with Gasteiger partial charge in [0.15, 0.2) is 0 Å². The van der Waals surface area contributed by atoms with Crippen molar-refractivity contribution in [3.8, 4) is 0 Å². The number of nitrogens with one attached hydrogen (secondary N) is 1. The number of nitrogens with zero attached hydrogens (tertiary/aromatic N) is 2. The standard InChI is InChI=1S/C50H69N3O10/c1-47(2,3)60-43(54)39(33-17-19-52(27-33)45(56)62-49(7,8)9)23-35-29-58-41-15-13-31(21-37(35)41)25-51-26-32-14-16-42-38(22-32)36(30-59-42)24-40(44(55)61-48(4,5)6)34-18-20-53(28-34)46(57)63-50(10,11)12/h13-16,21-22,29-30,33-34,39-40,51H,17-20,23-28H2,1-12H3/t33-,34-,39-,40-/m0/s1. The summed E-state index contributed by atoms with van der Waals surface area (Å²) < 4.78 is 35.1. The molecule has 0 spiro atoms. The minimum absolute atomic E-state index is 0.101. The first-order chi connectivity index (χ1) is 29.3. The molecule has 6 rings (SSSR count). The van der Waals surface area contributed by atoms with Crippen LogP contribution in [0, 0.1) is 23.7 Å². The summed E-state index contributed by atoms with van der Waals surface area (Å²) in [5, 5.41) is 5.46. The number of rotatable bonds is 12. The molecule has 63 heavy (non-hydrogen) atoms. The number of likely N-dealkylation sites (tertiary alicyclic amines) is 2. The number of furan rings is 2. The van der Waals surface area contributed by atoms with Crippen LogP contribution in [-0.2, 0) is 54.5 Å². The van der Waals surface area contributed by atoms with Crippen LogP contribution >= 0.6 is 0 Å². The highest BCUT2D eigenvalue weighted by molar-refractivity contribution is 5.84. The lowest BCUT2D eigenvalue weighted by molar-refractivity contribution is -0.163. The number of hydrogen-bond donors (Lipinski definition) is 1. The fourth-order valence-electron chi connectivity index (χ4n) is 8.47. The Bertz CT molecular complexity index is 2110. The Balaban J connectivity index is 1.14. The Labute approximate surface area is 372 Å². The van der Waals surface area contributed by atoms with E-state index in [2.05, 4.69) is 17.4 Å². The SMILES string of the molecule is CC(C)(C)OC(=O)[C@@H](Cc1coc2ccc(CNCc3ccc4occ(C[C@H](C(=O)OC(C)(C)C)[C@H]5CCN(C(=O)OC(C)(C)C)C5)c4c3)cc12)[C@H]1CCN(C(=O)OC(C)(C)C)C1. The summed E-state index contributed by atoms with van der Waals surface area (Å²) >= 11 is 0. The van der Waals surface area contributed by atoms with E-state index in [1.54, 1.807) is 22.3 Å². The van der Waals surface area contributed by atoms with Crippen LogP contribution in [0.2, 0.25) is 0 Å². The van der Waals surface area contributed by atoms with Crippen molar-refractivity contribution in [2.75, 3.05) is 26.2 Å². The first kappa shape index (κ1) is 47.4. The highest BCUT2D eigenvalue weighted by Gasteiger charge is 2.41. The van der Waals surface area contributed by atoms with E-state index >= 15 is 0 Å². The molecular weight excluding hydrogens is 803 g/mol. The van der Waals surface area contributed by atoms with Gasteiger partial charge >= 0.3 is 24.1 Å². The normalized spacial score (nSPS) is 18.5. The molecule has 2 amide bonds. The average Bonchev–Trinajstić information content (AvgIpc) is 3.97. The van der Waals surface area contributed by atoms with Crippen LogP contribution in [0.25, 0.3) is 21.9 Å².